The maximum Gasteiger partial charge on any atom is 0.335 e. The Hall–Kier alpha value is -3.70. The van der Waals surface area contributed by atoms with Gasteiger partial charge in [0.05, 0.1) is 5.69 Å². The lowest BCUT2D eigenvalue weighted by molar-refractivity contribution is -0.122. The molecule has 33 heavy (non-hydrogen) atoms. The fraction of sp³-hybridized carbons (Fsp3) is 0.148. The zero-order valence-corrected chi connectivity index (χ0v) is 19.4. The summed E-state index contributed by atoms with van der Waals surface area (Å²) in [6, 6.07) is 18.1. The third kappa shape index (κ3) is 4.59. The summed E-state index contributed by atoms with van der Waals surface area (Å²) >= 11 is 6.19. The van der Waals surface area contributed by atoms with Gasteiger partial charge in [-0.3, -0.25) is 14.9 Å². The highest BCUT2D eigenvalue weighted by Crippen LogP contribution is 2.30. The Labute approximate surface area is 197 Å². The number of hydrogen-bond donors (Lipinski definition) is 1. The standard InChI is InChI=1S/C27H23ClN2O3/c1-16-11-17(2)13-19(12-16)14-20-7-4-5-8-21(20)15-22-25(31)29-27(33)30(26(22)32)24-10-6-9-23(28)18(24)3/h4-13,15H,14H2,1-3H3,(H,29,31,33)/b22-15+. The number of nitrogens with one attached hydrogen (secondary N) is 1. The van der Waals surface area contributed by atoms with Gasteiger partial charge in [-0.25, -0.2) is 9.69 Å². The van der Waals surface area contributed by atoms with Crippen molar-refractivity contribution in [1.29, 1.82) is 0 Å². The molecule has 0 spiro atoms. The number of rotatable bonds is 4. The maximum atomic E-state index is 13.3. The highest BCUT2D eigenvalue weighted by Gasteiger charge is 2.37. The van der Waals surface area contributed by atoms with Crippen molar-refractivity contribution in [2.45, 2.75) is 27.2 Å². The number of barbiturate groups is 1. The number of amides is 4. The van der Waals surface area contributed by atoms with E-state index in [0.29, 0.717) is 22.7 Å². The summed E-state index contributed by atoms with van der Waals surface area (Å²) in [6.07, 6.45) is 2.20. The van der Waals surface area contributed by atoms with Crippen molar-refractivity contribution in [2.75, 3.05) is 4.90 Å². The first-order valence-electron chi connectivity index (χ1n) is 10.6. The first-order chi connectivity index (χ1) is 15.7. The molecule has 0 aromatic heterocycles. The molecule has 5 nitrogen and oxygen atoms in total. The van der Waals surface area contributed by atoms with Crippen LogP contribution in [-0.4, -0.2) is 17.8 Å². The molecule has 3 aromatic carbocycles. The number of carbonyl (C=O) groups is 3. The number of halogens is 1. The second-order valence-corrected chi connectivity index (χ2v) is 8.62. The molecular weight excluding hydrogens is 436 g/mol. The molecule has 4 rings (SSSR count). The average molecular weight is 459 g/mol. The topological polar surface area (TPSA) is 66.5 Å². The van der Waals surface area contributed by atoms with E-state index in [9.17, 15) is 14.4 Å². The minimum Gasteiger partial charge on any atom is -0.273 e. The van der Waals surface area contributed by atoms with Gasteiger partial charge in [0.25, 0.3) is 11.8 Å². The predicted molar refractivity (Wildman–Crippen MR) is 130 cm³/mol. The Morgan fingerprint density at radius 2 is 1.61 bits per heavy atom. The predicted octanol–water partition coefficient (Wildman–Crippen LogP) is 5.52. The van der Waals surface area contributed by atoms with Crippen molar-refractivity contribution in [3.05, 3.63) is 105 Å². The molecule has 1 aliphatic heterocycles. The third-order valence-corrected chi connectivity index (χ3v) is 6.02. The molecule has 0 aliphatic carbocycles. The Kier molecular flexibility index (Phi) is 6.16. The quantitative estimate of drug-likeness (QED) is 0.413. The van der Waals surface area contributed by atoms with Gasteiger partial charge in [0, 0.05) is 5.02 Å². The molecular formula is C27H23ClN2O3. The van der Waals surface area contributed by atoms with E-state index in [1.807, 2.05) is 24.3 Å². The van der Waals surface area contributed by atoms with Crippen LogP contribution >= 0.6 is 11.6 Å². The summed E-state index contributed by atoms with van der Waals surface area (Å²) < 4.78 is 0. The van der Waals surface area contributed by atoms with E-state index in [1.54, 1.807) is 31.2 Å². The molecule has 1 aliphatic rings. The first-order valence-corrected chi connectivity index (χ1v) is 10.9. The van der Waals surface area contributed by atoms with Gasteiger partial charge >= 0.3 is 6.03 Å². The Morgan fingerprint density at radius 3 is 2.33 bits per heavy atom. The van der Waals surface area contributed by atoms with Crippen LogP contribution < -0.4 is 10.2 Å². The number of nitrogens with zero attached hydrogens (tertiary/aromatic N) is 1. The van der Waals surface area contributed by atoms with Crippen LogP contribution in [0.4, 0.5) is 10.5 Å². The fourth-order valence-corrected chi connectivity index (χ4v) is 4.27. The summed E-state index contributed by atoms with van der Waals surface area (Å²) in [4.78, 5) is 39.5. The molecule has 1 N–H and O–H groups in total. The van der Waals surface area contributed by atoms with Gasteiger partial charge in [-0.15, -0.1) is 0 Å². The normalized spacial score (nSPS) is 15.2. The highest BCUT2D eigenvalue weighted by molar-refractivity contribution is 6.40. The van der Waals surface area contributed by atoms with E-state index in [-0.39, 0.29) is 5.57 Å². The molecule has 4 amide bonds. The number of hydrogen-bond acceptors (Lipinski definition) is 3. The first kappa shape index (κ1) is 22.5. The lowest BCUT2D eigenvalue weighted by Gasteiger charge is -2.28. The third-order valence-electron chi connectivity index (χ3n) is 5.61. The molecule has 0 unspecified atom stereocenters. The highest BCUT2D eigenvalue weighted by atomic mass is 35.5. The molecule has 1 fully saturated rings. The van der Waals surface area contributed by atoms with E-state index in [1.165, 1.54) is 11.1 Å². The van der Waals surface area contributed by atoms with Crippen LogP contribution in [0.1, 0.15) is 33.4 Å². The zero-order valence-electron chi connectivity index (χ0n) is 18.6. The van der Waals surface area contributed by atoms with Crippen molar-refractivity contribution in [3.8, 4) is 0 Å². The van der Waals surface area contributed by atoms with E-state index in [0.717, 1.165) is 21.6 Å². The van der Waals surface area contributed by atoms with Gasteiger partial charge in [0.2, 0.25) is 0 Å². The largest absolute Gasteiger partial charge is 0.335 e. The number of aryl methyl sites for hydroxylation is 2. The molecule has 0 bridgehead atoms. The van der Waals surface area contributed by atoms with Crippen molar-refractivity contribution in [2.24, 2.45) is 0 Å². The van der Waals surface area contributed by atoms with E-state index in [2.05, 4.69) is 37.4 Å². The van der Waals surface area contributed by atoms with Crippen LogP contribution in [0.2, 0.25) is 5.02 Å². The summed E-state index contributed by atoms with van der Waals surface area (Å²) in [6.45, 7) is 5.83. The minimum atomic E-state index is -0.795. The zero-order chi connectivity index (χ0) is 23.7. The van der Waals surface area contributed by atoms with Crippen LogP contribution in [0.25, 0.3) is 6.08 Å². The fourth-order valence-electron chi connectivity index (χ4n) is 4.10. The lowest BCUT2D eigenvalue weighted by atomic mass is 9.95. The Morgan fingerprint density at radius 1 is 0.909 bits per heavy atom. The molecule has 0 atom stereocenters. The Balaban J connectivity index is 1.74. The summed E-state index contributed by atoms with van der Waals surface area (Å²) in [5.41, 5.74) is 6.01. The second kappa shape index (κ2) is 9.04. The number of benzene rings is 3. The maximum absolute atomic E-state index is 13.3. The number of anilines is 1. The van der Waals surface area contributed by atoms with Crippen molar-refractivity contribution in [3.63, 3.8) is 0 Å². The summed E-state index contributed by atoms with van der Waals surface area (Å²) in [5.74, 6) is -1.41. The van der Waals surface area contributed by atoms with Gasteiger partial charge in [-0.05, 0) is 67.7 Å². The molecule has 1 saturated heterocycles. The lowest BCUT2D eigenvalue weighted by Crippen LogP contribution is -2.54. The molecule has 3 aromatic rings. The number of urea groups is 1. The van der Waals surface area contributed by atoms with Gasteiger partial charge < -0.3 is 0 Å². The van der Waals surface area contributed by atoms with Crippen LogP contribution in [0.5, 0.6) is 0 Å². The molecule has 166 valence electrons. The van der Waals surface area contributed by atoms with Crippen LogP contribution in [0.3, 0.4) is 0 Å². The molecule has 1 heterocycles. The van der Waals surface area contributed by atoms with Gasteiger partial charge in [-0.2, -0.15) is 0 Å². The minimum absolute atomic E-state index is 0.109. The van der Waals surface area contributed by atoms with E-state index < -0.39 is 17.8 Å². The van der Waals surface area contributed by atoms with E-state index in [4.69, 9.17) is 11.6 Å². The van der Waals surface area contributed by atoms with Crippen molar-refractivity contribution >= 4 is 41.2 Å². The van der Waals surface area contributed by atoms with Crippen LogP contribution in [0, 0.1) is 20.8 Å². The second-order valence-electron chi connectivity index (χ2n) is 8.21. The number of imide groups is 2. The monoisotopic (exact) mass is 458 g/mol. The van der Waals surface area contributed by atoms with E-state index >= 15 is 0 Å². The number of carbonyl (C=O) groups excluding carboxylic acids is 3. The smallest absolute Gasteiger partial charge is 0.273 e. The van der Waals surface area contributed by atoms with Gasteiger partial charge in [0.15, 0.2) is 0 Å². The molecule has 0 saturated carbocycles. The van der Waals surface area contributed by atoms with Crippen LogP contribution in [-0.2, 0) is 16.0 Å². The van der Waals surface area contributed by atoms with Gasteiger partial charge in [-0.1, -0.05) is 71.3 Å². The summed E-state index contributed by atoms with van der Waals surface area (Å²) in [7, 11) is 0. The van der Waals surface area contributed by atoms with Crippen LogP contribution in [0.15, 0.2) is 66.2 Å². The van der Waals surface area contributed by atoms with Crippen molar-refractivity contribution < 1.29 is 14.4 Å². The molecule has 0 radical (unpaired) electrons. The SMILES string of the molecule is Cc1cc(C)cc(Cc2ccccc2/C=C2\C(=O)NC(=O)N(c3cccc(Cl)c3C)C2=O)c1. The summed E-state index contributed by atoms with van der Waals surface area (Å²) in [5, 5.41) is 2.70. The molecule has 6 heteroatoms. The van der Waals surface area contributed by atoms with Crippen molar-refractivity contribution in [1.82, 2.24) is 5.32 Å². The average Bonchev–Trinajstić information content (AvgIpc) is 2.74. The Bertz CT molecular complexity index is 1310. The van der Waals surface area contributed by atoms with Gasteiger partial charge in [0.1, 0.15) is 5.57 Å².